The average Bonchev–Trinajstić information content (AvgIpc) is 2.87. The van der Waals surface area contributed by atoms with Gasteiger partial charge in [-0.25, -0.2) is 0 Å². The number of hydrogen-bond acceptors (Lipinski definition) is 18. The van der Waals surface area contributed by atoms with Crippen molar-refractivity contribution in [2.24, 2.45) is 0 Å². The zero-order valence-corrected chi connectivity index (χ0v) is 53.0. The van der Waals surface area contributed by atoms with E-state index in [2.05, 4.69) is 79.9 Å². The Bertz CT molecular complexity index is 1860. The van der Waals surface area contributed by atoms with Gasteiger partial charge in [-0.05, 0) is 51.4 Å². The summed E-state index contributed by atoms with van der Waals surface area (Å²) in [7, 11) is 0. The lowest BCUT2D eigenvalue weighted by Gasteiger charge is -2.48. The van der Waals surface area contributed by atoms with Crippen LogP contribution in [-0.4, -0.2) is 193 Å². The van der Waals surface area contributed by atoms with Crippen LogP contribution in [0.15, 0.2) is 72.9 Å². The summed E-state index contributed by atoms with van der Waals surface area (Å²) in [5.74, 6) is -0.325. The molecule has 12 N–H and O–H groups in total. The molecule has 0 aromatic heterocycles. The minimum absolute atomic E-state index is 0.138. The van der Waals surface area contributed by atoms with Crippen molar-refractivity contribution in [2.75, 3.05) is 26.4 Å². The normalized spacial score (nSPS) is 29.0. The minimum atomic E-state index is -1.98. The molecule has 0 aliphatic carbocycles. The second-order valence-corrected chi connectivity index (χ2v) is 23.9. The largest absolute Gasteiger partial charge is 0.394 e. The van der Waals surface area contributed by atoms with Gasteiger partial charge in [0.05, 0.1) is 38.6 Å². The molecule has 17 atom stereocenters. The molecule has 504 valence electrons. The number of aliphatic hydroxyl groups is 11. The van der Waals surface area contributed by atoms with E-state index in [4.69, 9.17) is 28.4 Å². The molecular weight excluding hydrogens is 1120 g/mol. The van der Waals surface area contributed by atoms with Gasteiger partial charge in [-0.15, -0.1) is 0 Å². The van der Waals surface area contributed by atoms with E-state index in [0.29, 0.717) is 25.7 Å². The number of amides is 1. The maximum Gasteiger partial charge on any atom is 0.220 e. The Morgan fingerprint density at radius 3 is 1.17 bits per heavy atom. The van der Waals surface area contributed by atoms with Gasteiger partial charge in [-0.2, -0.15) is 0 Å². The summed E-state index contributed by atoms with van der Waals surface area (Å²) in [6, 6.07) is -0.933. The number of unbranched alkanes of at least 4 members (excludes halogenated alkanes) is 22. The molecule has 87 heavy (non-hydrogen) atoms. The summed E-state index contributed by atoms with van der Waals surface area (Å²) >= 11 is 0. The highest BCUT2D eigenvalue weighted by Crippen LogP contribution is 2.33. The van der Waals surface area contributed by atoms with Crippen LogP contribution in [0.3, 0.4) is 0 Å². The third-order valence-corrected chi connectivity index (χ3v) is 16.6. The third kappa shape index (κ3) is 32.4. The summed E-state index contributed by atoms with van der Waals surface area (Å²) in [4.78, 5) is 13.4. The number of carbonyl (C=O) groups is 1. The Morgan fingerprint density at radius 2 is 0.770 bits per heavy atom. The van der Waals surface area contributed by atoms with Crippen LogP contribution in [0.4, 0.5) is 0 Å². The fourth-order valence-electron chi connectivity index (χ4n) is 11.1. The Kier molecular flexibility index (Phi) is 45.0. The average molecular weight is 1240 g/mol. The second-order valence-electron chi connectivity index (χ2n) is 23.9. The molecule has 1 amide bonds. The highest BCUT2D eigenvalue weighted by Gasteiger charge is 2.53. The van der Waals surface area contributed by atoms with Crippen LogP contribution in [0, 0.1) is 0 Å². The molecule has 0 spiro atoms. The number of ether oxygens (including phenoxy) is 6. The van der Waals surface area contributed by atoms with Crippen molar-refractivity contribution in [1.82, 2.24) is 5.32 Å². The first-order valence-electron chi connectivity index (χ1n) is 33.7. The van der Waals surface area contributed by atoms with Crippen molar-refractivity contribution in [2.45, 2.75) is 324 Å². The first-order chi connectivity index (χ1) is 42.3. The number of hydrogen-bond donors (Lipinski definition) is 12. The van der Waals surface area contributed by atoms with Crippen LogP contribution in [-0.2, 0) is 33.2 Å². The molecule has 0 saturated carbocycles. The van der Waals surface area contributed by atoms with Gasteiger partial charge < -0.3 is 89.9 Å². The van der Waals surface area contributed by atoms with E-state index < -0.39 is 124 Å². The number of allylic oxidation sites excluding steroid dienone is 12. The molecule has 0 radical (unpaired) electrons. The van der Waals surface area contributed by atoms with E-state index in [1.807, 2.05) is 12.2 Å². The molecule has 3 saturated heterocycles. The summed E-state index contributed by atoms with van der Waals surface area (Å²) in [5, 5.41) is 121. The van der Waals surface area contributed by atoms with Crippen LogP contribution in [0.5, 0.6) is 0 Å². The zero-order chi connectivity index (χ0) is 63.3. The molecule has 3 aliphatic heterocycles. The third-order valence-electron chi connectivity index (χ3n) is 16.6. The smallest absolute Gasteiger partial charge is 0.220 e. The number of nitrogens with one attached hydrogen (secondary N) is 1. The van der Waals surface area contributed by atoms with E-state index in [0.717, 1.165) is 51.4 Å². The fraction of sp³-hybridized carbons (Fsp3) is 0.809. The molecular formula is C68H119NO18. The maximum absolute atomic E-state index is 13.4. The van der Waals surface area contributed by atoms with Crippen LogP contribution in [0.1, 0.15) is 219 Å². The Hall–Kier alpha value is -2.77. The number of carbonyl (C=O) groups excluding carboxylic acids is 1. The van der Waals surface area contributed by atoms with E-state index in [1.54, 1.807) is 0 Å². The van der Waals surface area contributed by atoms with Gasteiger partial charge in [0.1, 0.15) is 73.2 Å². The lowest BCUT2D eigenvalue weighted by molar-refractivity contribution is -0.379. The predicted molar refractivity (Wildman–Crippen MR) is 337 cm³/mol. The van der Waals surface area contributed by atoms with E-state index in [1.165, 1.54) is 122 Å². The van der Waals surface area contributed by atoms with Crippen LogP contribution < -0.4 is 5.32 Å². The highest BCUT2D eigenvalue weighted by atomic mass is 16.8. The summed E-state index contributed by atoms with van der Waals surface area (Å²) in [6.07, 6.45) is 34.2. The van der Waals surface area contributed by atoms with Crippen LogP contribution in [0.2, 0.25) is 0 Å². The number of aliphatic hydroxyl groups excluding tert-OH is 11. The molecule has 3 fully saturated rings. The quantitative estimate of drug-likeness (QED) is 0.0202. The van der Waals surface area contributed by atoms with Gasteiger partial charge in [0, 0.05) is 6.42 Å². The second kappa shape index (κ2) is 49.9. The first kappa shape index (κ1) is 78.5. The Balaban J connectivity index is 1.47. The highest BCUT2D eigenvalue weighted by molar-refractivity contribution is 5.76. The van der Waals surface area contributed by atoms with E-state index in [-0.39, 0.29) is 18.9 Å². The lowest BCUT2D eigenvalue weighted by atomic mass is 9.96. The van der Waals surface area contributed by atoms with E-state index >= 15 is 0 Å². The van der Waals surface area contributed by atoms with Gasteiger partial charge in [-0.1, -0.05) is 234 Å². The van der Waals surface area contributed by atoms with Gasteiger partial charge in [0.15, 0.2) is 18.9 Å². The molecule has 3 rings (SSSR count). The summed E-state index contributed by atoms with van der Waals surface area (Å²) in [5.41, 5.74) is 0. The first-order valence-corrected chi connectivity index (χ1v) is 33.7. The Morgan fingerprint density at radius 1 is 0.425 bits per heavy atom. The van der Waals surface area contributed by atoms with E-state index in [9.17, 15) is 61.0 Å². The van der Waals surface area contributed by atoms with Crippen molar-refractivity contribution in [3.63, 3.8) is 0 Å². The van der Waals surface area contributed by atoms with Crippen molar-refractivity contribution >= 4 is 5.91 Å². The maximum atomic E-state index is 13.4. The van der Waals surface area contributed by atoms with Crippen LogP contribution in [0.25, 0.3) is 0 Å². The molecule has 17 unspecified atom stereocenters. The fourth-order valence-corrected chi connectivity index (χ4v) is 11.1. The van der Waals surface area contributed by atoms with Crippen molar-refractivity contribution < 1.29 is 89.4 Å². The van der Waals surface area contributed by atoms with Gasteiger partial charge in [0.2, 0.25) is 5.91 Å². The molecule has 3 heterocycles. The van der Waals surface area contributed by atoms with Gasteiger partial charge in [0.25, 0.3) is 0 Å². The molecule has 0 aromatic rings. The van der Waals surface area contributed by atoms with Crippen molar-refractivity contribution in [1.29, 1.82) is 0 Å². The van der Waals surface area contributed by atoms with Crippen LogP contribution >= 0.6 is 0 Å². The topological polar surface area (TPSA) is 307 Å². The molecule has 3 aliphatic rings. The number of rotatable bonds is 50. The summed E-state index contributed by atoms with van der Waals surface area (Å²) in [6.45, 7) is 1.63. The molecule has 19 heteroatoms. The zero-order valence-electron chi connectivity index (χ0n) is 53.0. The minimum Gasteiger partial charge on any atom is -0.394 e. The predicted octanol–water partition coefficient (Wildman–Crippen LogP) is 8.16. The lowest BCUT2D eigenvalue weighted by Crippen LogP contribution is -2.66. The SMILES string of the molecule is CC/C=C\C/C=C\C/C=C\C/C=C\C/C=C\C/C=C\CCC(=O)NC(COC1OC(CO)C(OC2OC(CO)C(OC3OC(CO)C(O)C(O)C3O)C(O)C2O)C(O)C1O)C(O)CCCCCCCCCCCCCCCCCCCCCCCCC. The monoisotopic (exact) mass is 1240 g/mol. The molecule has 19 nitrogen and oxygen atoms in total. The van der Waals surface area contributed by atoms with Crippen molar-refractivity contribution in [3.05, 3.63) is 72.9 Å². The summed E-state index contributed by atoms with van der Waals surface area (Å²) < 4.78 is 34.3. The molecule has 0 aromatic carbocycles. The standard InChI is InChI=1S/C68H119NO18/c1-3-5-7-9-11-13-15-17-19-21-23-24-25-26-28-29-31-33-35-37-39-41-43-45-52(73)51(69-56(74)46-44-42-40-38-36-34-32-30-27-22-20-18-16-14-12-10-8-6-4-2)50-82-66-62(80)59(77)64(54(48-71)84-66)87-68-63(81)60(78)65(55(49-72)85-68)86-67-61(79)58(76)57(75)53(47-70)83-67/h6,8,12,14,18,20,27,30,34,36,40,42,51-55,57-68,70-73,75-81H,3-5,7,9-11,13,15-17,19,21-26,28-29,31-33,35,37-39,41,43-50H2,1-2H3,(H,69,74)/b8-6-,14-12-,20-18-,30-27-,36-34-,42-40-. The Labute approximate surface area is 521 Å². The van der Waals surface area contributed by atoms with Gasteiger partial charge in [-0.3, -0.25) is 4.79 Å². The van der Waals surface area contributed by atoms with Gasteiger partial charge >= 0.3 is 0 Å². The van der Waals surface area contributed by atoms with Crippen molar-refractivity contribution in [3.8, 4) is 0 Å². The molecule has 0 bridgehead atoms.